The molecule has 5 heteroatoms. The number of anilines is 1. The van der Waals surface area contributed by atoms with Crippen molar-refractivity contribution in [2.45, 2.75) is 20.3 Å². The lowest BCUT2D eigenvalue weighted by Crippen LogP contribution is -2.02. The molecular weight excluding hydrogens is 269 g/mol. The van der Waals surface area contributed by atoms with E-state index in [2.05, 4.69) is 17.3 Å². The molecule has 2 aromatic rings. The molecule has 0 saturated carbocycles. The lowest BCUT2D eigenvalue weighted by atomic mass is 10.3. The van der Waals surface area contributed by atoms with Gasteiger partial charge in [-0.2, -0.15) is 5.10 Å². The highest BCUT2D eigenvalue weighted by atomic mass is 35.5. The van der Waals surface area contributed by atoms with Crippen LogP contribution < -0.4 is 5.32 Å². The van der Waals surface area contributed by atoms with Gasteiger partial charge in [-0.05, 0) is 31.5 Å². The molecule has 0 aliphatic heterocycles. The Kier molecular flexibility index (Phi) is 4.15. The summed E-state index contributed by atoms with van der Waals surface area (Å²) in [5.41, 5.74) is 1.96. The van der Waals surface area contributed by atoms with Crippen LogP contribution in [0.2, 0.25) is 10.0 Å². The number of hydrogen-bond acceptors (Lipinski definition) is 2. The first kappa shape index (κ1) is 13.2. The molecule has 0 radical (unpaired) electrons. The van der Waals surface area contributed by atoms with E-state index in [0.29, 0.717) is 10.0 Å². The van der Waals surface area contributed by atoms with Crippen LogP contribution in [-0.4, -0.2) is 16.3 Å². The zero-order valence-corrected chi connectivity index (χ0v) is 11.9. The van der Waals surface area contributed by atoms with Crippen molar-refractivity contribution in [1.29, 1.82) is 0 Å². The number of hydrogen-bond donors (Lipinski definition) is 1. The second-order valence-electron chi connectivity index (χ2n) is 4.11. The smallest absolute Gasteiger partial charge is 0.148 e. The zero-order chi connectivity index (χ0) is 13.1. The molecule has 1 aromatic heterocycles. The lowest BCUT2D eigenvalue weighted by Gasteiger charge is -2.05. The van der Waals surface area contributed by atoms with Gasteiger partial charge in [0, 0.05) is 18.3 Å². The molecule has 0 atom stereocenters. The van der Waals surface area contributed by atoms with Crippen molar-refractivity contribution < 1.29 is 0 Å². The third-order valence-electron chi connectivity index (χ3n) is 2.59. The maximum Gasteiger partial charge on any atom is 0.148 e. The molecule has 3 nitrogen and oxygen atoms in total. The van der Waals surface area contributed by atoms with Crippen molar-refractivity contribution in [1.82, 2.24) is 9.78 Å². The van der Waals surface area contributed by atoms with Crippen LogP contribution in [0.3, 0.4) is 0 Å². The van der Waals surface area contributed by atoms with E-state index in [4.69, 9.17) is 23.2 Å². The Balaban J connectivity index is 2.32. The van der Waals surface area contributed by atoms with Crippen molar-refractivity contribution >= 4 is 29.0 Å². The molecule has 1 heterocycles. The van der Waals surface area contributed by atoms with E-state index in [0.717, 1.165) is 30.2 Å². The summed E-state index contributed by atoms with van der Waals surface area (Å²) in [7, 11) is 0. The maximum atomic E-state index is 6.02. The van der Waals surface area contributed by atoms with Gasteiger partial charge >= 0.3 is 0 Å². The molecule has 18 heavy (non-hydrogen) atoms. The minimum absolute atomic E-state index is 0.534. The molecule has 0 bridgehead atoms. The van der Waals surface area contributed by atoms with Crippen LogP contribution in [0.15, 0.2) is 24.3 Å². The van der Waals surface area contributed by atoms with E-state index in [9.17, 15) is 0 Å². The Labute approximate surface area is 117 Å². The fourth-order valence-corrected chi connectivity index (χ4v) is 1.98. The number of halogens is 2. The van der Waals surface area contributed by atoms with Crippen LogP contribution >= 0.6 is 23.2 Å². The second kappa shape index (κ2) is 5.63. The van der Waals surface area contributed by atoms with Gasteiger partial charge in [-0.15, -0.1) is 0 Å². The molecule has 1 N–H and O–H groups in total. The third-order valence-corrected chi connectivity index (χ3v) is 3.33. The van der Waals surface area contributed by atoms with Gasteiger partial charge in [-0.25, -0.2) is 4.68 Å². The molecule has 96 valence electrons. The summed E-state index contributed by atoms with van der Waals surface area (Å²) in [6, 6.07) is 7.50. The fraction of sp³-hybridized carbons (Fsp3) is 0.308. The molecule has 0 amide bonds. The van der Waals surface area contributed by atoms with Crippen LogP contribution in [0, 0.1) is 6.92 Å². The van der Waals surface area contributed by atoms with Crippen LogP contribution in [-0.2, 0) is 0 Å². The predicted octanol–water partition coefficient (Wildman–Crippen LogP) is 4.31. The first-order chi connectivity index (χ1) is 8.61. The van der Waals surface area contributed by atoms with Gasteiger partial charge in [0.2, 0.25) is 0 Å². The number of aromatic nitrogens is 2. The van der Waals surface area contributed by atoms with Crippen molar-refractivity contribution in [3.8, 4) is 5.69 Å². The van der Waals surface area contributed by atoms with Crippen LogP contribution in [0.25, 0.3) is 5.69 Å². The molecule has 0 fully saturated rings. The molecule has 1 aromatic carbocycles. The van der Waals surface area contributed by atoms with E-state index in [-0.39, 0.29) is 0 Å². The summed E-state index contributed by atoms with van der Waals surface area (Å²) in [6.07, 6.45) is 1.07. The molecule has 2 rings (SSSR count). The average Bonchev–Trinajstić information content (AvgIpc) is 2.71. The summed E-state index contributed by atoms with van der Waals surface area (Å²) < 4.78 is 1.85. The van der Waals surface area contributed by atoms with Gasteiger partial charge in [0.15, 0.2) is 0 Å². The van der Waals surface area contributed by atoms with E-state index in [1.807, 2.05) is 29.8 Å². The Hall–Kier alpha value is -1.19. The highest BCUT2D eigenvalue weighted by Crippen LogP contribution is 2.25. The van der Waals surface area contributed by atoms with Gasteiger partial charge in [0.1, 0.15) is 5.82 Å². The molecule has 0 spiro atoms. The van der Waals surface area contributed by atoms with Crippen LogP contribution in [0.5, 0.6) is 0 Å². The third kappa shape index (κ3) is 2.79. The van der Waals surface area contributed by atoms with Crippen molar-refractivity contribution in [2.24, 2.45) is 0 Å². The summed E-state index contributed by atoms with van der Waals surface area (Å²) in [5, 5.41) is 8.84. The van der Waals surface area contributed by atoms with Crippen molar-refractivity contribution in [3.63, 3.8) is 0 Å². The Morgan fingerprint density at radius 2 is 2.00 bits per heavy atom. The Morgan fingerprint density at radius 3 is 2.67 bits per heavy atom. The minimum Gasteiger partial charge on any atom is -0.369 e. The minimum atomic E-state index is 0.534. The summed E-state index contributed by atoms with van der Waals surface area (Å²) in [4.78, 5) is 0. The number of rotatable bonds is 4. The fourth-order valence-electron chi connectivity index (χ4n) is 1.69. The van der Waals surface area contributed by atoms with E-state index in [1.165, 1.54) is 0 Å². The summed E-state index contributed by atoms with van der Waals surface area (Å²) >= 11 is 11.9. The van der Waals surface area contributed by atoms with E-state index in [1.54, 1.807) is 6.07 Å². The van der Waals surface area contributed by atoms with Crippen molar-refractivity contribution in [2.75, 3.05) is 11.9 Å². The van der Waals surface area contributed by atoms with Gasteiger partial charge in [-0.1, -0.05) is 30.1 Å². The molecule has 0 saturated heterocycles. The molecule has 0 unspecified atom stereocenters. The first-order valence-electron chi connectivity index (χ1n) is 5.87. The summed E-state index contributed by atoms with van der Waals surface area (Å²) in [6.45, 7) is 5.04. The van der Waals surface area contributed by atoms with Crippen molar-refractivity contribution in [3.05, 3.63) is 40.0 Å². The molecular formula is C13H15Cl2N3. The first-order valence-corrected chi connectivity index (χ1v) is 6.63. The van der Waals surface area contributed by atoms with Crippen LogP contribution in [0.1, 0.15) is 19.0 Å². The number of nitrogens with zero attached hydrogens (tertiary/aromatic N) is 2. The Bertz CT molecular complexity index is 549. The van der Waals surface area contributed by atoms with Gasteiger partial charge in [0.25, 0.3) is 0 Å². The largest absolute Gasteiger partial charge is 0.369 e. The standard InChI is InChI=1S/C13H15Cl2N3/c1-3-6-16-13-7-9(2)18(17-13)10-4-5-11(14)12(15)8-10/h4-5,7-8H,3,6H2,1-2H3,(H,16,17). The topological polar surface area (TPSA) is 29.9 Å². The number of aryl methyl sites for hydroxylation is 1. The number of nitrogens with one attached hydrogen (secondary N) is 1. The van der Waals surface area contributed by atoms with Gasteiger partial charge in [-0.3, -0.25) is 0 Å². The predicted molar refractivity (Wildman–Crippen MR) is 77.1 cm³/mol. The average molecular weight is 284 g/mol. The SMILES string of the molecule is CCCNc1cc(C)n(-c2ccc(Cl)c(Cl)c2)n1. The quantitative estimate of drug-likeness (QED) is 0.906. The van der Waals surface area contributed by atoms with E-state index < -0.39 is 0 Å². The molecule has 0 aliphatic carbocycles. The summed E-state index contributed by atoms with van der Waals surface area (Å²) in [5.74, 6) is 0.875. The molecule has 0 aliphatic rings. The highest BCUT2D eigenvalue weighted by molar-refractivity contribution is 6.42. The van der Waals surface area contributed by atoms with Crippen LogP contribution in [0.4, 0.5) is 5.82 Å². The van der Waals surface area contributed by atoms with Gasteiger partial charge in [0.05, 0.1) is 15.7 Å². The zero-order valence-electron chi connectivity index (χ0n) is 10.4. The lowest BCUT2D eigenvalue weighted by molar-refractivity contribution is 0.843. The van der Waals surface area contributed by atoms with Gasteiger partial charge < -0.3 is 5.32 Å². The second-order valence-corrected chi connectivity index (χ2v) is 4.92. The maximum absolute atomic E-state index is 6.02. The Morgan fingerprint density at radius 1 is 1.22 bits per heavy atom. The van der Waals surface area contributed by atoms with E-state index >= 15 is 0 Å². The highest BCUT2D eigenvalue weighted by Gasteiger charge is 2.07. The monoisotopic (exact) mass is 283 g/mol. The normalized spacial score (nSPS) is 10.7. The number of benzene rings is 1.